The van der Waals surface area contributed by atoms with Crippen molar-refractivity contribution in [2.45, 2.75) is 245 Å². The van der Waals surface area contributed by atoms with Crippen LogP contribution in [0.2, 0.25) is 0 Å². The van der Waals surface area contributed by atoms with Gasteiger partial charge in [-0.05, 0) is 141 Å². The molecule has 0 aromatic rings. The van der Waals surface area contributed by atoms with Gasteiger partial charge in [0.1, 0.15) is 13.2 Å². The van der Waals surface area contributed by atoms with Crippen LogP contribution in [0.1, 0.15) is 239 Å². The zero-order valence-corrected chi connectivity index (χ0v) is 51.5. The first-order valence-corrected chi connectivity index (χ1v) is 31.9. The standard InChI is InChI=1S/C75H114O6/c1-4-7-10-13-15-17-19-21-23-25-27-29-31-33-35-37-39-41-43-45-47-49-51-53-55-57-59-62-65-68-74(77)80-71-72(70-79-73(76)67-64-61-12-9-6-3)81-75(78)69-66-63-60-58-56-54-52-50-48-46-44-42-40-38-36-34-32-30-28-26-24-22-20-18-16-14-11-8-5-2/h7-8,10-11,15-18,21-24,27-30,33-36,39-42,45-48,51,53,57,59,72H,4-6,9,12-14,19-20,25-26,31-32,37-38,43-44,49-50,52,54-56,58,60-71H2,1-3H3/b10-7-,11-8-,17-15-,18-16-,23-21-,24-22-,29-27-,30-28-,35-33-,36-34-,41-39-,42-40-,47-45-,48-46-,53-51-,59-57-. The van der Waals surface area contributed by atoms with Gasteiger partial charge in [-0.25, -0.2) is 0 Å². The summed E-state index contributed by atoms with van der Waals surface area (Å²) in [7, 11) is 0. The van der Waals surface area contributed by atoms with Gasteiger partial charge in [0.05, 0.1) is 0 Å². The summed E-state index contributed by atoms with van der Waals surface area (Å²) in [6, 6.07) is 0. The minimum atomic E-state index is -0.816. The van der Waals surface area contributed by atoms with Gasteiger partial charge >= 0.3 is 17.9 Å². The van der Waals surface area contributed by atoms with Crippen LogP contribution in [-0.4, -0.2) is 37.2 Å². The second-order valence-corrected chi connectivity index (χ2v) is 20.2. The van der Waals surface area contributed by atoms with Crippen LogP contribution in [0.5, 0.6) is 0 Å². The van der Waals surface area contributed by atoms with Gasteiger partial charge in [-0.15, -0.1) is 0 Å². The number of hydrogen-bond acceptors (Lipinski definition) is 6. The second kappa shape index (κ2) is 66.8. The maximum absolute atomic E-state index is 12.8. The number of ether oxygens (including phenoxy) is 3. The van der Waals surface area contributed by atoms with Gasteiger partial charge in [0.25, 0.3) is 0 Å². The van der Waals surface area contributed by atoms with Crippen molar-refractivity contribution < 1.29 is 28.6 Å². The van der Waals surface area contributed by atoms with Crippen molar-refractivity contribution in [3.63, 3.8) is 0 Å². The quantitative estimate of drug-likeness (QED) is 0.0261. The van der Waals surface area contributed by atoms with Crippen LogP contribution in [0, 0.1) is 0 Å². The van der Waals surface area contributed by atoms with Crippen LogP contribution < -0.4 is 0 Å². The van der Waals surface area contributed by atoms with Crippen LogP contribution in [0.15, 0.2) is 194 Å². The number of hydrogen-bond donors (Lipinski definition) is 0. The average molecular weight is 1110 g/mol. The molecule has 0 N–H and O–H groups in total. The molecule has 0 aliphatic heterocycles. The largest absolute Gasteiger partial charge is 0.462 e. The second-order valence-electron chi connectivity index (χ2n) is 20.2. The molecule has 0 rings (SSSR count). The molecule has 0 aromatic heterocycles. The van der Waals surface area contributed by atoms with E-state index in [4.69, 9.17) is 14.2 Å². The van der Waals surface area contributed by atoms with E-state index in [1.807, 2.05) is 0 Å². The lowest BCUT2D eigenvalue weighted by molar-refractivity contribution is -0.167. The van der Waals surface area contributed by atoms with Crippen LogP contribution in [-0.2, 0) is 28.6 Å². The third-order valence-electron chi connectivity index (χ3n) is 12.6. The summed E-state index contributed by atoms with van der Waals surface area (Å²) in [6.45, 7) is 6.25. The summed E-state index contributed by atoms with van der Waals surface area (Å²) >= 11 is 0. The van der Waals surface area contributed by atoms with E-state index in [0.29, 0.717) is 19.3 Å². The molecule has 0 bridgehead atoms. The van der Waals surface area contributed by atoms with Gasteiger partial charge in [0, 0.05) is 19.3 Å². The summed E-state index contributed by atoms with van der Waals surface area (Å²) in [5, 5.41) is 0. The van der Waals surface area contributed by atoms with Gasteiger partial charge in [-0.2, -0.15) is 0 Å². The van der Waals surface area contributed by atoms with Gasteiger partial charge in [0.2, 0.25) is 0 Å². The minimum absolute atomic E-state index is 0.111. The number of carbonyl (C=O) groups is 3. The fourth-order valence-electron chi connectivity index (χ4n) is 7.89. The lowest BCUT2D eigenvalue weighted by atomic mass is 10.1. The Morgan fingerprint density at radius 1 is 0.259 bits per heavy atom. The highest BCUT2D eigenvalue weighted by atomic mass is 16.6. The highest BCUT2D eigenvalue weighted by molar-refractivity contribution is 5.71. The Balaban J connectivity index is 4.25. The maximum Gasteiger partial charge on any atom is 0.306 e. The van der Waals surface area contributed by atoms with E-state index in [1.54, 1.807) is 0 Å². The van der Waals surface area contributed by atoms with E-state index < -0.39 is 6.10 Å². The van der Waals surface area contributed by atoms with Gasteiger partial charge in [-0.3, -0.25) is 14.4 Å². The third-order valence-corrected chi connectivity index (χ3v) is 12.6. The van der Waals surface area contributed by atoms with Crippen molar-refractivity contribution in [2.75, 3.05) is 13.2 Å². The normalized spacial score (nSPS) is 13.5. The number of allylic oxidation sites excluding steroid dienone is 32. The van der Waals surface area contributed by atoms with E-state index in [2.05, 4.69) is 215 Å². The van der Waals surface area contributed by atoms with Crippen molar-refractivity contribution in [1.82, 2.24) is 0 Å². The fourth-order valence-corrected chi connectivity index (χ4v) is 7.89. The highest BCUT2D eigenvalue weighted by Gasteiger charge is 2.19. The number of carbonyl (C=O) groups excluding carboxylic acids is 3. The number of esters is 3. The topological polar surface area (TPSA) is 78.9 Å². The first kappa shape index (κ1) is 75.2. The van der Waals surface area contributed by atoms with Gasteiger partial charge in [0.15, 0.2) is 6.10 Å². The van der Waals surface area contributed by atoms with E-state index in [9.17, 15) is 14.4 Å². The maximum atomic E-state index is 12.8. The van der Waals surface area contributed by atoms with Crippen LogP contribution in [0.25, 0.3) is 0 Å². The Morgan fingerprint density at radius 2 is 0.494 bits per heavy atom. The molecule has 0 saturated carbocycles. The number of rotatable bonds is 55. The Hall–Kier alpha value is -5.75. The molecule has 0 amide bonds. The Morgan fingerprint density at radius 3 is 0.802 bits per heavy atom. The van der Waals surface area contributed by atoms with E-state index >= 15 is 0 Å². The van der Waals surface area contributed by atoms with Gasteiger partial charge < -0.3 is 14.2 Å². The van der Waals surface area contributed by atoms with Crippen molar-refractivity contribution in [2.24, 2.45) is 0 Å². The summed E-state index contributed by atoms with van der Waals surface area (Å²) in [5.41, 5.74) is 0. The molecule has 0 saturated heterocycles. The molecule has 0 spiro atoms. The van der Waals surface area contributed by atoms with Crippen molar-refractivity contribution in [1.29, 1.82) is 0 Å². The Bertz CT molecular complexity index is 1950. The SMILES string of the molecule is CC/C=C\C/C=C\C/C=C\C/C=C\C/C=C\C/C=C\C/C=C\C/C=C\C/C=C\CCCC(=O)OCC(COC(=O)CCCCCCC)OC(=O)CCCCCCCCC/C=C\C/C=C\C/C=C\C/C=C\C/C=C\C/C=C\C/C=C\CC. The molecule has 0 aliphatic rings. The Labute approximate surface area is 497 Å². The van der Waals surface area contributed by atoms with Gasteiger partial charge in [-0.1, -0.05) is 273 Å². The van der Waals surface area contributed by atoms with Crippen LogP contribution in [0.4, 0.5) is 0 Å². The van der Waals surface area contributed by atoms with Crippen LogP contribution >= 0.6 is 0 Å². The summed E-state index contributed by atoms with van der Waals surface area (Å²) in [6.07, 6.45) is 102. The third kappa shape index (κ3) is 64.9. The zero-order chi connectivity index (χ0) is 58.5. The smallest absolute Gasteiger partial charge is 0.306 e. The predicted octanol–water partition coefficient (Wildman–Crippen LogP) is 22.2. The molecule has 1 unspecified atom stereocenters. The van der Waals surface area contributed by atoms with E-state index in [1.165, 1.54) is 19.3 Å². The predicted molar refractivity (Wildman–Crippen MR) is 352 cm³/mol. The molecule has 0 aliphatic carbocycles. The molecule has 81 heavy (non-hydrogen) atoms. The highest BCUT2D eigenvalue weighted by Crippen LogP contribution is 2.13. The molecular weight excluding hydrogens is 997 g/mol. The first-order valence-electron chi connectivity index (χ1n) is 31.9. The molecule has 6 nitrogen and oxygen atoms in total. The minimum Gasteiger partial charge on any atom is -0.462 e. The molecule has 0 fully saturated rings. The molecule has 6 heteroatoms. The molecule has 1 atom stereocenters. The molecule has 0 radical (unpaired) electrons. The summed E-state index contributed by atoms with van der Waals surface area (Å²) in [4.78, 5) is 37.9. The van der Waals surface area contributed by atoms with E-state index in [-0.39, 0.29) is 37.5 Å². The van der Waals surface area contributed by atoms with Crippen molar-refractivity contribution >= 4 is 17.9 Å². The van der Waals surface area contributed by atoms with Crippen LogP contribution in [0.3, 0.4) is 0 Å². The lowest BCUT2D eigenvalue weighted by Gasteiger charge is -2.18. The van der Waals surface area contributed by atoms with Crippen molar-refractivity contribution in [3.8, 4) is 0 Å². The van der Waals surface area contributed by atoms with E-state index in [0.717, 1.165) is 173 Å². The zero-order valence-electron chi connectivity index (χ0n) is 51.5. The lowest BCUT2D eigenvalue weighted by Crippen LogP contribution is -2.30. The fraction of sp³-hybridized carbons (Fsp3) is 0.533. The monoisotopic (exact) mass is 1110 g/mol. The summed E-state index contributed by atoms with van der Waals surface area (Å²) < 4.78 is 16.7. The Kier molecular flexibility index (Phi) is 62.0. The summed E-state index contributed by atoms with van der Waals surface area (Å²) in [5.74, 6) is -1.01. The average Bonchev–Trinajstić information content (AvgIpc) is 3.47. The molecule has 450 valence electrons. The molecular formula is C75H114O6. The molecule has 0 heterocycles. The number of unbranched alkanes of at least 4 members (excludes halogenated alkanes) is 12. The molecule has 0 aromatic carbocycles. The van der Waals surface area contributed by atoms with Crippen molar-refractivity contribution in [3.05, 3.63) is 194 Å². The first-order chi connectivity index (χ1) is 40.0.